The van der Waals surface area contributed by atoms with Gasteiger partial charge in [0.1, 0.15) is 11.3 Å². The summed E-state index contributed by atoms with van der Waals surface area (Å²) < 4.78 is 26.1. The number of rotatable bonds is 6. The van der Waals surface area contributed by atoms with E-state index in [1.165, 1.54) is 25.3 Å². The molecule has 9 nitrogen and oxygen atoms in total. The lowest BCUT2D eigenvalue weighted by molar-refractivity contribution is -0.385. The van der Waals surface area contributed by atoms with Gasteiger partial charge in [0.2, 0.25) is 6.79 Å². The molecule has 2 aromatic carbocycles. The summed E-state index contributed by atoms with van der Waals surface area (Å²) in [7, 11) is 1.37. The Bertz CT molecular complexity index is 864. The van der Waals surface area contributed by atoms with E-state index in [9.17, 15) is 14.9 Å². The van der Waals surface area contributed by atoms with Gasteiger partial charge in [-0.2, -0.15) is 0 Å². The first kappa shape index (κ1) is 17.3. The molecule has 26 heavy (non-hydrogen) atoms. The van der Waals surface area contributed by atoms with Crippen molar-refractivity contribution in [1.82, 2.24) is 0 Å². The topological polar surface area (TPSA) is 106 Å². The van der Waals surface area contributed by atoms with Crippen molar-refractivity contribution in [2.45, 2.75) is 6.92 Å². The first-order valence-electron chi connectivity index (χ1n) is 7.64. The van der Waals surface area contributed by atoms with E-state index >= 15 is 0 Å². The van der Waals surface area contributed by atoms with Crippen LogP contribution in [-0.4, -0.2) is 31.4 Å². The van der Waals surface area contributed by atoms with Gasteiger partial charge in [-0.1, -0.05) is 0 Å². The average Bonchev–Trinajstić information content (AvgIpc) is 3.09. The summed E-state index contributed by atoms with van der Waals surface area (Å²) in [5.41, 5.74) is -0.701. The second kappa shape index (κ2) is 7.18. The Kier molecular flexibility index (Phi) is 4.78. The lowest BCUT2D eigenvalue weighted by Crippen LogP contribution is -2.12. The van der Waals surface area contributed by atoms with Gasteiger partial charge in [-0.3, -0.25) is 10.1 Å². The zero-order valence-electron chi connectivity index (χ0n) is 14.0. The second-order valence-electron chi connectivity index (χ2n) is 5.11. The molecule has 0 unspecified atom stereocenters. The molecule has 0 amide bonds. The Hall–Kier alpha value is -3.49. The van der Waals surface area contributed by atoms with Crippen LogP contribution in [0.1, 0.15) is 17.3 Å². The molecule has 0 atom stereocenters. The maximum Gasteiger partial charge on any atom is 0.350 e. The van der Waals surface area contributed by atoms with E-state index in [1.807, 2.05) is 0 Å². The number of carbonyl (C=O) groups is 1. The smallest absolute Gasteiger partial charge is 0.350 e. The summed E-state index contributed by atoms with van der Waals surface area (Å²) >= 11 is 0. The van der Waals surface area contributed by atoms with Crippen molar-refractivity contribution in [3.8, 4) is 28.7 Å². The minimum atomic E-state index is -0.906. The molecule has 0 spiro atoms. The minimum Gasteiger partial charge on any atom is -0.493 e. The Labute approximate surface area is 148 Å². The van der Waals surface area contributed by atoms with E-state index in [0.29, 0.717) is 11.5 Å². The van der Waals surface area contributed by atoms with Gasteiger partial charge in [0.25, 0.3) is 5.69 Å². The second-order valence-corrected chi connectivity index (χ2v) is 5.11. The molecule has 0 radical (unpaired) electrons. The normalized spacial score (nSPS) is 11.8. The summed E-state index contributed by atoms with van der Waals surface area (Å²) in [6, 6.07) is 6.91. The van der Waals surface area contributed by atoms with Crippen LogP contribution in [0.25, 0.3) is 0 Å². The molecule has 0 bridgehead atoms. The number of methoxy groups -OCH3 is 1. The van der Waals surface area contributed by atoms with Gasteiger partial charge in [0.05, 0.1) is 24.7 Å². The van der Waals surface area contributed by atoms with Crippen molar-refractivity contribution in [3.05, 3.63) is 46.0 Å². The number of hydrogen-bond acceptors (Lipinski definition) is 8. The summed E-state index contributed by atoms with van der Waals surface area (Å²) in [6.45, 7) is 2.09. The quantitative estimate of drug-likeness (QED) is 0.335. The maximum absolute atomic E-state index is 12.5. The van der Waals surface area contributed by atoms with Gasteiger partial charge in [-0.25, -0.2) is 4.79 Å². The number of carbonyl (C=O) groups excluding carboxylic acids is 1. The van der Waals surface area contributed by atoms with Gasteiger partial charge in [0.15, 0.2) is 23.0 Å². The van der Waals surface area contributed by atoms with Gasteiger partial charge in [0, 0.05) is 12.1 Å². The van der Waals surface area contributed by atoms with Gasteiger partial charge in [-0.15, -0.1) is 0 Å². The van der Waals surface area contributed by atoms with E-state index in [0.717, 1.165) is 6.07 Å². The summed E-state index contributed by atoms with van der Waals surface area (Å²) in [4.78, 5) is 23.2. The van der Waals surface area contributed by atoms with Crippen LogP contribution < -0.4 is 23.7 Å². The molecular formula is C17H15NO8. The first-order valence-corrected chi connectivity index (χ1v) is 7.64. The van der Waals surface area contributed by atoms with Crippen molar-refractivity contribution in [2.75, 3.05) is 20.5 Å². The van der Waals surface area contributed by atoms with E-state index in [2.05, 4.69) is 0 Å². The standard InChI is InChI=1S/C17H15NO8/c1-3-23-16-8-12(18(20)21)11(7-14(16)22-2)17(19)26-10-4-5-13-15(6-10)25-9-24-13/h4-8H,3,9H2,1-2H3. The lowest BCUT2D eigenvalue weighted by atomic mass is 10.1. The monoisotopic (exact) mass is 361 g/mol. The fraction of sp³-hybridized carbons (Fsp3) is 0.235. The molecule has 0 aliphatic carbocycles. The molecule has 1 heterocycles. The number of esters is 1. The number of fused-ring (bicyclic) bond motifs is 1. The summed E-state index contributed by atoms with van der Waals surface area (Å²) in [5, 5.41) is 11.4. The van der Waals surface area contributed by atoms with Gasteiger partial charge < -0.3 is 23.7 Å². The Morgan fingerprint density at radius 2 is 1.96 bits per heavy atom. The highest BCUT2D eigenvalue weighted by molar-refractivity contribution is 5.96. The van der Waals surface area contributed by atoms with Crippen molar-refractivity contribution >= 4 is 11.7 Å². The van der Waals surface area contributed by atoms with Crippen LogP contribution in [0.4, 0.5) is 5.69 Å². The fourth-order valence-electron chi connectivity index (χ4n) is 2.39. The SMILES string of the molecule is CCOc1cc([N+](=O)[O-])c(C(=O)Oc2ccc3c(c2)OCO3)cc1OC. The number of benzene rings is 2. The molecule has 1 aliphatic rings. The van der Waals surface area contributed by atoms with Crippen molar-refractivity contribution in [3.63, 3.8) is 0 Å². The molecule has 0 aromatic heterocycles. The van der Waals surface area contributed by atoms with Crippen LogP contribution in [-0.2, 0) is 0 Å². The van der Waals surface area contributed by atoms with Crippen molar-refractivity contribution in [2.24, 2.45) is 0 Å². The number of ether oxygens (including phenoxy) is 5. The van der Waals surface area contributed by atoms with E-state index in [1.54, 1.807) is 13.0 Å². The largest absolute Gasteiger partial charge is 0.493 e. The van der Waals surface area contributed by atoms with Crippen LogP contribution >= 0.6 is 0 Å². The third-order valence-corrected chi connectivity index (χ3v) is 3.55. The molecular weight excluding hydrogens is 346 g/mol. The summed E-state index contributed by atoms with van der Waals surface area (Å²) in [5.74, 6) is 0.572. The highest BCUT2D eigenvalue weighted by Gasteiger charge is 2.27. The van der Waals surface area contributed by atoms with E-state index in [-0.39, 0.29) is 36.2 Å². The average molecular weight is 361 g/mol. The zero-order chi connectivity index (χ0) is 18.7. The Balaban J connectivity index is 1.93. The molecule has 3 rings (SSSR count). The van der Waals surface area contributed by atoms with Crippen LogP contribution in [0.15, 0.2) is 30.3 Å². The van der Waals surface area contributed by atoms with Crippen LogP contribution in [0.3, 0.4) is 0 Å². The predicted octanol–water partition coefficient (Wildman–Crippen LogP) is 2.95. The first-order chi connectivity index (χ1) is 12.5. The Morgan fingerprint density at radius 1 is 1.19 bits per heavy atom. The number of hydrogen-bond donors (Lipinski definition) is 0. The molecule has 136 valence electrons. The van der Waals surface area contributed by atoms with Crippen LogP contribution in [0.5, 0.6) is 28.7 Å². The molecule has 1 aliphatic heterocycles. The fourth-order valence-corrected chi connectivity index (χ4v) is 2.39. The molecule has 0 N–H and O–H groups in total. The summed E-state index contributed by atoms with van der Waals surface area (Å²) in [6.07, 6.45) is 0. The molecule has 0 saturated carbocycles. The molecule has 2 aromatic rings. The van der Waals surface area contributed by atoms with Gasteiger partial charge >= 0.3 is 5.97 Å². The molecule has 9 heteroatoms. The minimum absolute atomic E-state index is 0.0777. The Morgan fingerprint density at radius 3 is 2.65 bits per heavy atom. The lowest BCUT2D eigenvalue weighted by Gasteiger charge is -2.11. The predicted molar refractivity (Wildman–Crippen MR) is 88.3 cm³/mol. The third-order valence-electron chi connectivity index (χ3n) is 3.55. The number of nitrogens with zero attached hydrogens (tertiary/aromatic N) is 1. The van der Waals surface area contributed by atoms with E-state index in [4.69, 9.17) is 23.7 Å². The zero-order valence-corrected chi connectivity index (χ0v) is 14.0. The van der Waals surface area contributed by atoms with Gasteiger partial charge in [-0.05, 0) is 19.1 Å². The maximum atomic E-state index is 12.5. The van der Waals surface area contributed by atoms with E-state index < -0.39 is 16.6 Å². The number of nitro benzene ring substituents is 1. The van der Waals surface area contributed by atoms with Crippen molar-refractivity contribution < 1.29 is 33.4 Å². The highest BCUT2D eigenvalue weighted by atomic mass is 16.7. The molecule has 0 saturated heterocycles. The van der Waals surface area contributed by atoms with Crippen LogP contribution in [0.2, 0.25) is 0 Å². The highest BCUT2D eigenvalue weighted by Crippen LogP contribution is 2.37. The molecule has 0 fully saturated rings. The van der Waals surface area contributed by atoms with Crippen LogP contribution in [0, 0.1) is 10.1 Å². The number of nitro groups is 1. The third kappa shape index (κ3) is 3.32. The van der Waals surface area contributed by atoms with Crippen molar-refractivity contribution in [1.29, 1.82) is 0 Å².